The number of ether oxygens (including phenoxy) is 1. The van der Waals surface area contributed by atoms with Gasteiger partial charge in [-0.25, -0.2) is 0 Å². The van der Waals surface area contributed by atoms with E-state index in [4.69, 9.17) is 27.9 Å². The first-order valence-electron chi connectivity index (χ1n) is 8.49. The minimum Gasteiger partial charge on any atom is -0.492 e. The van der Waals surface area contributed by atoms with Crippen LogP contribution in [0.4, 0.5) is 0 Å². The highest BCUT2D eigenvalue weighted by molar-refractivity contribution is 6.40. The number of fused-ring (bicyclic) bond motifs is 1. The van der Waals surface area contributed by atoms with Crippen LogP contribution < -0.4 is 15.4 Å². The maximum Gasteiger partial charge on any atom is 0.130 e. The molecule has 128 valence electrons. The van der Waals surface area contributed by atoms with E-state index < -0.39 is 0 Å². The number of nitrogens with one attached hydrogen (secondary N) is 3. The predicted molar refractivity (Wildman–Crippen MR) is 99.1 cm³/mol. The third-order valence-electron chi connectivity index (χ3n) is 4.90. The molecule has 2 heterocycles. The molecular formula is C18H21Cl2N3O. The molecule has 1 atom stereocenters. The molecule has 1 aromatic heterocycles. The van der Waals surface area contributed by atoms with Crippen molar-refractivity contribution in [2.75, 3.05) is 19.7 Å². The minimum atomic E-state index is 0.310. The molecule has 1 aromatic carbocycles. The second kappa shape index (κ2) is 6.96. The maximum absolute atomic E-state index is 6.24. The lowest BCUT2D eigenvalue weighted by molar-refractivity contribution is 0.308. The molecule has 0 fully saturated rings. The number of hydrogen-bond acceptors (Lipinski definition) is 3. The van der Waals surface area contributed by atoms with Gasteiger partial charge in [0.1, 0.15) is 12.4 Å². The zero-order chi connectivity index (χ0) is 16.5. The van der Waals surface area contributed by atoms with Crippen LogP contribution in [0.2, 0.25) is 10.0 Å². The number of rotatable bonds is 5. The van der Waals surface area contributed by atoms with Crippen LogP contribution in [0.5, 0.6) is 5.75 Å². The maximum atomic E-state index is 6.24. The summed E-state index contributed by atoms with van der Waals surface area (Å²) in [6.45, 7) is 2.39. The fraction of sp³-hybridized carbons (Fsp3) is 0.444. The van der Waals surface area contributed by atoms with E-state index in [9.17, 15) is 0 Å². The summed E-state index contributed by atoms with van der Waals surface area (Å²) in [6.07, 6.45) is 7.17. The monoisotopic (exact) mass is 365 g/mol. The summed E-state index contributed by atoms with van der Waals surface area (Å²) in [5, 5.41) is 9.24. The van der Waals surface area contributed by atoms with Crippen molar-refractivity contribution in [1.29, 1.82) is 0 Å². The van der Waals surface area contributed by atoms with Crippen molar-refractivity contribution in [3.8, 4) is 5.75 Å². The van der Waals surface area contributed by atoms with Crippen molar-refractivity contribution in [2.24, 2.45) is 0 Å². The Balaban J connectivity index is 1.36. The van der Waals surface area contributed by atoms with Crippen LogP contribution in [0.25, 0.3) is 10.9 Å². The average molecular weight is 366 g/mol. The van der Waals surface area contributed by atoms with E-state index in [0.29, 0.717) is 22.8 Å². The molecule has 2 aliphatic rings. The largest absolute Gasteiger partial charge is 0.492 e. The van der Waals surface area contributed by atoms with Gasteiger partial charge in [-0.3, -0.25) is 10.6 Å². The van der Waals surface area contributed by atoms with Crippen LogP contribution in [0.3, 0.4) is 0 Å². The van der Waals surface area contributed by atoms with Crippen LogP contribution >= 0.6 is 23.2 Å². The van der Waals surface area contributed by atoms with Gasteiger partial charge in [0.15, 0.2) is 0 Å². The Bertz CT molecular complexity index is 784. The van der Waals surface area contributed by atoms with Gasteiger partial charge in [0.05, 0.1) is 27.1 Å². The van der Waals surface area contributed by atoms with Gasteiger partial charge in [0, 0.05) is 19.3 Å². The van der Waals surface area contributed by atoms with E-state index in [1.54, 1.807) is 17.3 Å². The zero-order valence-electron chi connectivity index (χ0n) is 13.4. The van der Waals surface area contributed by atoms with Crippen molar-refractivity contribution in [1.82, 2.24) is 15.6 Å². The zero-order valence-corrected chi connectivity index (χ0v) is 14.9. The lowest BCUT2D eigenvalue weighted by Gasteiger charge is -2.20. The molecule has 4 rings (SSSR count). The standard InChI is InChI=1S/C18H21Cl2N3O/c19-13-5-6-15(16-14(20)10-22-17(13)16)24-8-7-21-18-12-4-2-1-3-11(12)9-23-18/h5-6,10,18,21-23H,1-4,7-9H2. The topological polar surface area (TPSA) is 49.1 Å². The Morgan fingerprint density at radius 1 is 1.17 bits per heavy atom. The Hall–Kier alpha value is -1.20. The van der Waals surface area contributed by atoms with Crippen molar-refractivity contribution < 1.29 is 4.74 Å². The molecule has 1 unspecified atom stereocenters. The van der Waals surface area contributed by atoms with Gasteiger partial charge in [-0.2, -0.15) is 0 Å². The minimum absolute atomic E-state index is 0.310. The van der Waals surface area contributed by atoms with Crippen LogP contribution in [0.15, 0.2) is 29.5 Å². The third-order valence-corrected chi connectivity index (χ3v) is 5.52. The summed E-state index contributed by atoms with van der Waals surface area (Å²) in [7, 11) is 0. The highest BCUT2D eigenvalue weighted by Crippen LogP contribution is 2.36. The molecule has 0 amide bonds. The number of hydrogen-bond donors (Lipinski definition) is 3. The Labute approximate surface area is 151 Å². The summed E-state index contributed by atoms with van der Waals surface area (Å²) in [5.74, 6) is 0.763. The molecule has 0 spiro atoms. The molecule has 0 saturated carbocycles. The summed E-state index contributed by atoms with van der Waals surface area (Å²) in [4.78, 5) is 3.09. The molecule has 0 radical (unpaired) electrons. The van der Waals surface area contributed by atoms with E-state index in [-0.39, 0.29) is 0 Å². The summed E-state index contributed by atoms with van der Waals surface area (Å²) in [5.41, 5.74) is 4.00. The summed E-state index contributed by atoms with van der Waals surface area (Å²) < 4.78 is 5.94. The Morgan fingerprint density at radius 2 is 2.04 bits per heavy atom. The van der Waals surface area contributed by atoms with Gasteiger partial charge in [0.25, 0.3) is 0 Å². The summed E-state index contributed by atoms with van der Waals surface area (Å²) >= 11 is 12.4. The van der Waals surface area contributed by atoms with Crippen LogP contribution in [0, 0.1) is 0 Å². The van der Waals surface area contributed by atoms with E-state index in [2.05, 4.69) is 15.6 Å². The molecule has 0 bridgehead atoms. The Morgan fingerprint density at radius 3 is 2.96 bits per heavy atom. The van der Waals surface area contributed by atoms with E-state index in [0.717, 1.165) is 29.7 Å². The van der Waals surface area contributed by atoms with E-state index >= 15 is 0 Å². The van der Waals surface area contributed by atoms with Crippen molar-refractivity contribution in [2.45, 2.75) is 31.8 Å². The first-order valence-corrected chi connectivity index (χ1v) is 9.25. The van der Waals surface area contributed by atoms with Gasteiger partial charge in [-0.05, 0) is 43.4 Å². The van der Waals surface area contributed by atoms with Gasteiger partial charge in [-0.1, -0.05) is 28.8 Å². The van der Waals surface area contributed by atoms with Gasteiger partial charge in [-0.15, -0.1) is 0 Å². The number of aromatic amines is 1. The van der Waals surface area contributed by atoms with Gasteiger partial charge < -0.3 is 9.72 Å². The number of benzene rings is 1. The smallest absolute Gasteiger partial charge is 0.130 e. The fourth-order valence-electron chi connectivity index (χ4n) is 3.71. The van der Waals surface area contributed by atoms with Crippen LogP contribution in [0.1, 0.15) is 25.7 Å². The predicted octanol–water partition coefficient (Wildman–Crippen LogP) is 4.24. The van der Waals surface area contributed by atoms with Crippen molar-refractivity contribution >= 4 is 34.1 Å². The first kappa shape index (κ1) is 16.3. The highest BCUT2D eigenvalue weighted by atomic mass is 35.5. The lowest BCUT2D eigenvalue weighted by Crippen LogP contribution is -2.41. The second-order valence-electron chi connectivity index (χ2n) is 6.38. The van der Waals surface area contributed by atoms with Crippen LogP contribution in [-0.2, 0) is 0 Å². The van der Waals surface area contributed by atoms with E-state index in [1.165, 1.54) is 25.7 Å². The van der Waals surface area contributed by atoms with Gasteiger partial charge in [0.2, 0.25) is 0 Å². The second-order valence-corrected chi connectivity index (χ2v) is 7.20. The Kier molecular flexibility index (Phi) is 4.72. The number of aromatic nitrogens is 1. The quantitative estimate of drug-likeness (QED) is 0.548. The molecule has 6 heteroatoms. The molecule has 1 aliphatic heterocycles. The van der Waals surface area contributed by atoms with Gasteiger partial charge >= 0.3 is 0 Å². The molecule has 1 aliphatic carbocycles. The van der Waals surface area contributed by atoms with Crippen molar-refractivity contribution in [3.63, 3.8) is 0 Å². The molecular weight excluding hydrogens is 345 g/mol. The molecule has 3 N–H and O–H groups in total. The van der Waals surface area contributed by atoms with Crippen LogP contribution in [-0.4, -0.2) is 30.8 Å². The SMILES string of the molecule is Clc1ccc(OCCNC2NCC3=C2CCCC3)c2c(Cl)c[nH]c12. The van der Waals surface area contributed by atoms with E-state index in [1.807, 2.05) is 12.1 Å². The normalized spacial score (nSPS) is 20.7. The molecule has 4 nitrogen and oxygen atoms in total. The number of halogens is 2. The third kappa shape index (κ3) is 3.04. The first-order chi connectivity index (χ1) is 11.7. The van der Waals surface area contributed by atoms with Crippen molar-refractivity contribution in [3.05, 3.63) is 39.5 Å². The molecule has 24 heavy (non-hydrogen) atoms. The average Bonchev–Trinajstić information content (AvgIpc) is 3.18. The molecule has 2 aromatic rings. The number of H-pyrrole nitrogens is 1. The lowest BCUT2D eigenvalue weighted by atomic mass is 9.93. The fourth-order valence-corrected chi connectivity index (χ4v) is 4.17. The highest BCUT2D eigenvalue weighted by Gasteiger charge is 2.25. The summed E-state index contributed by atoms with van der Waals surface area (Å²) in [6, 6.07) is 3.71. The molecule has 0 saturated heterocycles.